The topological polar surface area (TPSA) is 84.8 Å². The fourth-order valence-electron chi connectivity index (χ4n) is 2.26. The van der Waals surface area contributed by atoms with Crippen LogP contribution in [0.15, 0.2) is 54.9 Å². The molecule has 0 saturated carbocycles. The molecule has 8 heteroatoms. The number of pyridine rings is 2. The number of aromatic carboxylic acids is 1. The second-order valence-electron chi connectivity index (χ2n) is 5.80. The maximum absolute atomic E-state index is 10.1. The minimum absolute atomic E-state index is 0. The van der Waals surface area contributed by atoms with Crippen LogP contribution in [-0.2, 0) is 19.5 Å². The van der Waals surface area contributed by atoms with Crippen LogP contribution in [0.4, 0.5) is 5.69 Å². The molecule has 0 amide bonds. The predicted molar refractivity (Wildman–Crippen MR) is 107 cm³/mol. The van der Waals surface area contributed by atoms with E-state index >= 15 is 0 Å². The van der Waals surface area contributed by atoms with Crippen LogP contribution in [0.3, 0.4) is 0 Å². The Morgan fingerprint density at radius 1 is 1.07 bits per heavy atom. The summed E-state index contributed by atoms with van der Waals surface area (Å²) >= 11 is 0. The Labute approximate surface area is 183 Å². The summed E-state index contributed by atoms with van der Waals surface area (Å²) in [4.78, 5) is 20.1. The van der Waals surface area contributed by atoms with E-state index in [1.54, 1.807) is 38.6 Å². The van der Waals surface area contributed by atoms with Crippen molar-refractivity contribution in [2.45, 2.75) is 0 Å². The number of anilines is 1. The van der Waals surface area contributed by atoms with Gasteiger partial charge < -0.3 is 24.5 Å². The van der Waals surface area contributed by atoms with Gasteiger partial charge in [0.2, 0.25) is 0 Å². The third-order valence-electron chi connectivity index (χ3n) is 3.73. The number of benzene rings is 1. The monoisotopic (exact) mass is 483 g/mol. The van der Waals surface area contributed by atoms with Crippen LogP contribution in [0, 0.1) is 6.07 Å². The number of carboxylic acid groups (broad SMARTS) is 1. The van der Waals surface area contributed by atoms with Crippen molar-refractivity contribution in [1.82, 2.24) is 9.97 Å². The van der Waals surface area contributed by atoms with Crippen LogP contribution in [-0.4, -0.2) is 49.4 Å². The van der Waals surface area contributed by atoms with E-state index in [1.165, 1.54) is 12.3 Å². The number of aromatic nitrogens is 2. The van der Waals surface area contributed by atoms with Crippen molar-refractivity contribution in [2.24, 2.45) is 0 Å². The number of rotatable bonds is 5. The Morgan fingerprint density at radius 2 is 1.83 bits per heavy atom. The Hall–Kier alpha value is -2.99. The van der Waals surface area contributed by atoms with E-state index in [-0.39, 0.29) is 25.2 Å². The summed E-state index contributed by atoms with van der Waals surface area (Å²) in [5, 5.41) is 8.32. The molecular formula is C21H22N3O4Rh-. The first-order chi connectivity index (χ1) is 13.5. The molecule has 1 radical (unpaired) electrons. The van der Waals surface area contributed by atoms with Crippen LogP contribution in [0.25, 0.3) is 11.3 Å². The maximum Gasteiger partial charge on any atom is 0.354 e. The number of hydrogen-bond acceptors (Lipinski definition) is 6. The van der Waals surface area contributed by atoms with Crippen LogP contribution in [0.2, 0.25) is 0 Å². The van der Waals surface area contributed by atoms with Gasteiger partial charge in [-0.25, -0.2) is 9.78 Å². The van der Waals surface area contributed by atoms with E-state index in [1.807, 2.05) is 37.2 Å². The first-order valence-electron chi connectivity index (χ1n) is 8.38. The average Bonchev–Trinajstić information content (AvgIpc) is 2.74. The molecule has 0 aliphatic carbocycles. The largest absolute Gasteiger partial charge is 0.540 e. The van der Waals surface area contributed by atoms with Crippen molar-refractivity contribution in [3.63, 3.8) is 0 Å². The summed E-state index contributed by atoms with van der Waals surface area (Å²) in [6.45, 7) is 0. The third kappa shape index (κ3) is 6.84. The van der Waals surface area contributed by atoms with Gasteiger partial charge >= 0.3 is 5.97 Å². The first-order valence-corrected chi connectivity index (χ1v) is 8.38. The fraction of sp³-hybridized carbons (Fsp3) is 0.190. The molecule has 0 spiro atoms. The Bertz CT molecular complexity index is 921. The molecule has 1 aromatic carbocycles. The Kier molecular flexibility index (Phi) is 9.76. The quantitative estimate of drug-likeness (QED) is 0.440. The minimum atomic E-state index is -0.990. The number of hydrogen-bond donors (Lipinski definition) is 1. The van der Waals surface area contributed by atoms with E-state index in [0.29, 0.717) is 11.5 Å². The molecule has 155 valence electrons. The SMILES string of the molecule is COc1c[c-]c(-c2cc(N(C)C)ccn2)c(OC)c1.O=C(O)c1ccccn1.[Rh]. The molecule has 2 heterocycles. The summed E-state index contributed by atoms with van der Waals surface area (Å²) < 4.78 is 10.5. The Balaban J connectivity index is 0.000000355. The van der Waals surface area contributed by atoms with E-state index in [4.69, 9.17) is 14.6 Å². The molecule has 0 unspecified atom stereocenters. The molecule has 7 nitrogen and oxygen atoms in total. The summed E-state index contributed by atoms with van der Waals surface area (Å²) in [6, 6.07) is 15.5. The van der Waals surface area contributed by atoms with Crippen molar-refractivity contribution in [2.75, 3.05) is 33.2 Å². The van der Waals surface area contributed by atoms with Gasteiger partial charge in [0.25, 0.3) is 0 Å². The third-order valence-corrected chi connectivity index (χ3v) is 3.73. The van der Waals surface area contributed by atoms with Crippen LogP contribution in [0.1, 0.15) is 10.5 Å². The van der Waals surface area contributed by atoms with Gasteiger partial charge in [-0.3, -0.25) is 0 Å². The van der Waals surface area contributed by atoms with Gasteiger partial charge in [-0.2, -0.15) is 0 Å². The number of methoxy groups -OCH3 is 2. The molecule has 3 aromatic rings. The molecule has 0 saturated heterocycles. The second kappa shape index (κ2) is 11.8. The van der Waals surface area contributed by atoms with Crippen molar-refractivity contribution in [3.05, 3.63) is 66.6 Å². The van der Waals surface area contributed by atoms with Gasteiger partial charge in [0.15, 0.2) is 0 Å². The number of nitrogens with zero attached hydrogens (tertiary/aromatic N) is 3. The van der Waals surface area contributed by atoms with Gasteiger partial charge in [0.05, 0.1) is 14.2 Å². The van der Waals surface area contributed by atoms with Crippen LogP contribution < -0.4 is 14.4 Å². The molecule has 1 N–H and O–H groups in total. The standard InChI is InChI=1S/C15H17N2O2.C6H5NO2.Rh/c1-17(2)11-7-8-16-14(9-11)13-6-5-12(18-3)10-15(13)19-4;8-6(9)5-3-1-2-4-7-5;/h5,7-10H,1-4H3;1-4H,(H,8,9);/q-1;;. The van der Waals surface area contributed by atoms with Gasteiger partial charge in [0.1, 0.15) is 5.69 Å². The van der Waals surface area contributed by atoms with Gasteiger partial charge in [0, 0.05) is 63.2 Å². The molecule has 3 rings (SSSR count). The van der Waals surface area contributed by atoms with E-state index in [2.05, 4.69) is 16.0 Å². The molecule has 0 aliphatic rings. The van der Waals surface area contributed by atoms with Gasteiger partial charge in [-0.15, -0.1) is 12.1 Å². The zero-order valence-corrected chi connectivity index (χ0v) is 18.2. The maximum atomic E-state index is 10.1. The summed E-state index contributed by atoms with van der Waals surface area (Å²) in [5.41, 5.74) is 2.81. The fourth-order valence-corrected chi connectivity index (χ4v) is 2.26. The molecule has 29 heavy (non-hydrogen) atoms. The molecule has 0 atom stereocenters. The molecule has 0 aliphatic heterocycles. The summed E-state index contributed by atoms with van der Waals surface area (Å²) in [5.74, 6) is 0.419. The zero-order valence-electron chi connectivity index (χ0n) is 16.5. The number of carbonyl (C=O) groups is 1. The van der Waals surface area contributed by atoms with E-state index in [9.17, 15) is 4.79 Å². The molecular weight excluding hydrogens is 461 g/mol. The summed E-state index contributed by atoms with van der Waals surface area (Å²) in [7, 11) is 7.23. The van der Waals surface area contributed by atoms with Crippen molar-refractivity contribution in [3.8, 4) is 22.8 Å². The van der Waals surface area contributed by atoms with Crippen molar-refractivity contribution >= 4 is 11.7 Å². The smallest absolute Gasteiger partial charge is 0.354 e. The number of ether oxygens (including phenoxy) is 2. The normalized spacial score (nSPS) is 9.38. The van der Waals surface area contributed by atoms with Crippen molar-refractivity contribution in [1.29, 1.82) is 0 Å². The van der Waals surface area contributed by atoms with Crippen LogP contribution in [0.5, 0.6) is 11.5 Å². The van der Waals surface area contributed by atoms with Crippen molar-refractivity contribution < 1.29 is 38.9 Å². The molecule has 0 fully saturated rings. The minimum Gasteiger partial charge on any atom is -0.540 e. The first kappa shape index (κ1) is 24.1. The van der Waals surface area contributed by atoms with E-state index in [0.717, 1.165) is 16.9 Å². The molecule has 2 aromatic heterocycles. The zero-order chi connectivity index (χ0) is 20.5. The van der Waals surface area contributed by atoms with Gasteiger partial charge in [-0.05, 0) is 23.9 Å². The average molecular weight is 483 g/mol. The van der Waals surface area contributed by atoms with E-state index < -0.39 is 5.97 Å². The second-order valence-corrected chi connectivity index (χ2v) is 5.80. The summed E-state index contributed by atoms with van der Waals surface area (Å²) in [6.07, 6.45) is 3.23. The van der Waals surface area contributed by atoms with Gasteiger partial charge in [-0.1, -0.05) is 23.8 Å². The number of carboxylic acids is 1. The predicted octanol–water partition coefficient (Wildman–Crippen LogP) is 3.41. The Morgan fingerprint density at radius 3 is 2.34 bits per heavy atom. The molecule has 0 bridgehead atoms. The van der Waals surface area contributed by atoms with Crippen LogP contribution >= 0.6 is 0 Å².